The van der Waals surface area contributed by atoms with Gasteiger partial charge in [-0.2, -0.15) is 15.4 Å². The summed E-state index contributed by atoms with van der Waals surface area (Å²) >= 11 is 0. The van der Waals surface area contributed by atoms with E-state index < -0.39 is 0 Å². The number of aryl methyl sites for hydroxylation is 1. The summed E-state index contributed by atoms with van der Waals surface area (Å²) in [5.74, 6) is 0.595. The second-order valence-corrected chi connectivity index (χ2v) is 13.9. The van der Waals surface area contributed by atoms with Gasteiger partial charge < -0.3 is 25.3 Å². The molecule has 242 valence electrons. The normalized spacial score (nSPS) is 22.3. The lowest BCUT2D eigenvalue weighted by molar-refractivity contribution is 0.0854. The third kappa shape index (κ3) is 7.35. The van der Waals surface area contributed by atoms with Crippen molar-refractivity contribution in [3.8, 4) is 0 Å². The predicted molar refractivity (Wildman–Crippen MR) is 180 cm³/mol. The van der Waals surface area contributed by atoms with Crippen LogP contribution in [0.15, 0.2) is 36.4 Å². The summed E-state index contributed by atoms with van der Waals surface area (Å²) in [5, 5.41) is 18.2. The van der Waals surface area contributed by atoms with Crippen LogP contribution in [0.3, 0.4) is 0 Å². The van der Waals surface area contributed by atoms with Crippen molar-refractivity contribution < 1.29 is 4.79 Å². The van der Waals surface area contributed by atoms with Crippen molar-refractivity contribution in [3.63, 3.8) is 0 Å². The molecule has 0 saturated carbocycles. The summed E-state index contributed by atoms with van der Waals surface area (Å²) < 4.78 is 0. The first kappa shape index (κ1) is 30.6. The number of anilines is 1. The molecule has 3 fully saturated rings. The molecule has 45 heavy (non-hydrogen) atoms. The van der Waals surface area contributed by atoms with Crippen LogP contribution in [0.2, 0.25) is 0 Å². The minimum Gasteiger partial charge on any atom is -0.321 e. The van der Waals surface area contributed by atoms with Crippen LogP contribution in [0.4, 0.5) is 10.5 Å². The van der Waals surface area contributed by atoms with Crippen LogP contribution in [0.1, 0.15) is 48.8 Å². The van der Waals surface area contributed by atoms with Crippen LogP contribution >= 0.6 is 0 Å². The Balaban J connectivity index is 0.946. The summed E-state index contributed by atoms with van der Waals surface area (Å²) in [6.07, 6.45) is 7.87. The van der Waals surface area contributed by atoms with Crippen molar-refractivity contribution in [2.24, 2.45) is 5.92 Å². The molecule has 2 amide bonds. The van der Waals surface area contributed by atoms with Crippen LogP contribution in [-0.2, 0) is 12.8 Å². The third-order valence-electron chi connectivity index (χ3n) is 10.9. The van der Waals surface area contributed by atoms with Crippen molar-refractivity contribution in [3.05, 3.63) is 53.1 Å². The number of benzene rings is 2. The Kier molecular flexibility index (Phi) is 9.62. The largest absolute Gasteiger partial charge is 0.322 e. The van der Waals surface area contributed by atoms with Gasteiger partial charge in [-0.25, -0.2) is 4.79 Å². The molecule has 0 spiro atoms. The molecule has 3 aromatic rings. The van der Waals surface area contributed by atoms with Crippen LogP contribution in [0.25, 0.3) is 11.0 Å². The topological polar surface area (TPSA) is 95.7 Å². The van der Waals surface area contributed by atoms with Gasteiger partial charge in [0.15, 0.2) is 0 Å². The van der Waals surface area contributed by atoms with Crippen molar-refractivity contribution >= 4 is 22.8 Å². The fraction of sp³-hybridized carbons (Fsp3) is 0.629. The van der Waals surface area contributed by atoms with E-state index in [9.17, 15) is 4.79 Å². The average Bonchev–Trinajstić information content (AvgIpc) is 3.48. The van der Waals surface area contributed by atoms with E-state index in [2.05, 4.69) is 76.8 Å². The molecule has 4 aliphatic rings. The van der Waals surface area contributed by atoms with Gasteiger partial charge in [0, 0.05) is 70.1 Å². The van der Waals surface area contributed by atoms with E-state index >= 15 is 0 Å². The lowest BCUT2D eigenvalue weighted by Crippen LogP contribution is -2.52. The minimum atomic E-state index is 0.0681. The number of piperazine rings is 1. The Hall–Kier alpha value is -3.05. The number of amides is 2. The highest BCUT2D eigenvalue weighted by atomic mass is 16.2. The van der Waals surface area contributed by atoms with Crippen LogP contribution in [0, 0.1) is 12.8 Å². The molecule has 3 N–H and O–H groups in total. The number of rotatable bonds is 9. The monoisotopic (exact) mass is 613 g/mol. The molecule has 0 aliphatic carbocycles. The third-order valence-corrected chi connectivity index (χ3v) is 10.9. The van der Waals surface area contributed by atoms with E-state index in [0.29, 0.717) is 12.0 Å². The molecule has 4 aliphatic heterocycles. The summed E-state index contributed by atoms with van der Waals surface area (Å²) in [6, 6.07) is 13.9. The number of nitrogens with zero attached hydrogens (tertiary/aromatic N) is 6. The standard InChI is InChI=1S/C35H51N9O/c1-26-22-28(24-33-34(26)39-40-38-33)23-27(25-42-17-8-30(9-18-42)43-20-12-36-13-21-43)6-14-41-15-10-31(11-16-41)44-19-7-29-4-2-3-5-32(29)37-35(44)45/h2-5,22,24,27,30-31,36H,6-21,23,25H2,1H3,(H,37,45)(H,38,39,40). The number of aromatic nitrogens is 3. The highest BCUT2D eigenvalue weighted by molar-refractivity contribution is 5.91. The quantitative estimate of drug-likeness (QED) is 0.339. The molecule has 3 saturated heterocycles. The van der Waals surface area contributed by atoms with Crippen LogP contribution in [-0.4, -0.2) is 125 Å². The van der Waals surface area contributed by atoms with Crippen LogP contribution < -0.4 is 10.6 Å². The van der Waals surface area contributed by atoms with E-state index in [0.717, 1.165) is 94.3 Å². The van der Waals surface area contributed by atoms with E-state index in [1.54, 1.807) is 0 Å². The smallest absolute Gasteiger partial charge is 0.321 e. The highest BCUT2D eigenvalue weighted by Crippen LogP contribution is 2.27. The second-order valence-electron chi connectivity index (χ2n) is 13.9. The number of likely N-dealkylation sites (tertiary alicyclic amines) is 2. The number of para-hydroxylation sites is 1. The maximum Gasteiger partial charge on any atom is 0.322 e. The SMILES string of the molecule is Cc1cc(CC(CCN2CCC(N3CCc4ccccc4NC3=O)CC2)CN2CCC(N3CCNCC3)CC2)cc2n[nH]nc12. The van der Waals surface area contributed by atoms with Crippen molar-refractivity contribution in [2.75, 3.05) is 77.3 Å². The fourth-order valence-electron chi connectivity index (χ4n) is 8.34. The number of aromatic amines is 1. The fourth-order valence-corrected chi connectivity index (χ4v) is 8.34. The number of fused-ring (bicyclic) bond motifs is 2. The molecule has 7 rings (SSSR count). The molecule has 1 atom stereocenters. The number of nitrogens with one attached hydrogen (secondary N) is 3. The lowest BCUT2D eigenvalue weighted by atomic mass is 9.92. The predicted octanol–water partition coefficient (Wildman–Crippen LogP) is 3.74. The van der Waals surface area contributed by atoms with Gasteiger partial charge in [-0.05, 0) is 106 Å². The van der Waals surface area contributed by atoms with Gasteiger partial charge in [0.25, 0.3) is 0 Å². The Bertz CT molecular complexity index is 1420. The molecule has 5 heterocycles. The average molecular weight is 614 g/mol. The first-order valence-electron chi connectivity index (χ1n) is 17.4. The van der Waals surface area contributed by atoms with Crippen molar-refractivity contribution in [1.82, 2.24) is 40.3 Å². The minimum absolute atomic E-state index is 0.0681. The Morgan fingerprint density at radius 2 is 1.64 bits per heavy atom. The van der Waals surface area contributed by atoms with Gasteiger partial charge in [-0.15, -0.1) is 0 Å². The molecule has 0 bridgehead atoms. The Labute approximate surface area is 267 Å². The van der Waals surface area contributed by atoms with Gasteiger partial charge in [0.1, 0.15) is 11.0 Å². The molecule has 10 nitrogen and oxygen atoms in total. The zero-order chi connectivity index (χ0) is 30.6. The van der Waals surface area contributed by atoms with Gasteiger partial charge in [-0.1, -0.05) is 24.3 Å². The number of carbonyl (C=O) groups is 1. The Morgan fingerprint density at radius 1 is 0.889 bits per heavy atom. The van der Waals surface area contributed by atoms with Crippen molar-refractivity contribution in [1.29, 1.82) is 0 Å². The summed E-state index contributed by atoms with van der Waals surface area (Å²) in [7, 11) is 0. The van der Waals surface area contributed by atoms with E-state index in [4.69, 9.17) is 0 Å². The Morgan fingerprint density at radius 3 is 2.47 bits per heavy atom. The molecule has 1 aromatic heterocycles. The van der Waals surface area contributed by atoms with Gasteiger partial charge in [0.2, 0.25) is 0 Å². The van der Waals surface area contributed by atoms with E-state index in [-0.39, 0.29) is 6.03 Å². The number of carbonyl (C=O) groups excluding carboxylic acids is 1. The summed E-state index contributed by atoms with van der Waals surface area (Å²) in [5.41, 5.74) is 6.75. The van der Waals surface area contributed by atoms with Gasteiger partial charge >= 0.3 is 6.03 Å². The number of piperidine rings is 2. The molecular formula is C35H51N9O. The number of urea groups is 1. The first-order chi connectivity index (χ1) is 22.1. The molecule has 10 heteroatoms. The molecule has 2 aromatic carbocycles. The van der Waals surface area contributed by atoms with Crippen LogP contribution in [0.5, 0.6) is 0 Å². The molecule has 1 unspecified atom stereocenters. The molecular weight excluding hydrogens is 562 g/mol. The van der Waals surface area contributed by atoms with E-state index in [1.807, 2.05) is 12.1 Å². The maximum absolute atomic E-state index is 13.1. The zero-order valence-corrected chi connectivity index (χ0v) is 27.0. The zero-order valence-electron chi connectivity index (χ0n) is 27.0. The summed E-state index contributed by atoms with van der Waals surface area (Å²) in [6.45, 7) is 14.4. The first-order valence-corrected chi connectivity index (χ1v) is 17.4. The summed E-state index contributed by atoms with van der Waals surface area (Å²) in [4.78, 5) is 23.3. The number of hydrogen-bond acceptors (Lipinski definition) is 7. The second kappa shape index (κ2) is 14.2. The van der Waals surface area contributed by atoms with Gasteiger partial charge in [0.05, 0.1) is 0 Å². The number of hydrogen-bond donors (Lipinski definition) is 3. The number of H-pyrrole nitrogens is 1. The van der Waals surface area contributed by atoms with Gasteiger partial charge in [-0.3, -0.25) is 4.90 Å². The van der Waals surface area contributed by atoms with Crippen molar-refractivity contribution in [2.45, 2.75) is 64.0 Å². The molecule has 0 radical (unpaired) electrons. The maximum atomic E-state index is 13.1. The lowest BCUT2D eigenvalue weighted by Gasteiger charge is -2.41. The highest BCUT2D eigenvalue weighted by Gasteiger charge is 2.31. The van der Waals surface area contributed by atoms with E-state index in [1.165, 1.54) is 62.1 Å².